The van der Waals surface area contributed by atoms with E-state index in [1.807, 2.05) is 27.7 Å². The molecule has 2 nitrogen and oxygen atoms in total. The van der Waals surface area contributed by atoms with E-state index in [4.69, 9.17) is 4.74 Å². The van der Waals surface area contributed by atoms with E-state index < -0.39 is 11.8 Å². The van der Waals surface area contributed by atoms with Gasteiger partial charge in [-0.2, -0.15) is 0 Å². The number of carbonyl (C=O) groups is 1. The summed E-state index contributed by atoms with van der Waals surface area (Å²) in [5.74, 6) is 0.698. The fourth-order valence-electron chi connectivity index (χ4n) is 1.89. The van der Waals surface area contributed by atoms with Gasteiger partial charge < -0.3 is 4.74 Å². The molecule has 0 fully saturated rings. The van der Waals surface area contributed by atoms with Crippen LogP contribution in [0.1, 0.15) is 73.1 Å². The molecule has 0 saturated carbocycles. The zero-order valence-corrected chi connectivity index (χ0v) is 14.5. The minimum absolute atomic E-state index is 0.108. The van der Waals surface area contributed by atoms with Gasteiger partial charge >= 0.3 is 5.97 Å². The first-order valence-corrected chi connectivity index (χ1v) is 8.83. The average molecular weight is 306 g/mol. The van der Waals surface area contributed by atoms with Crippen LogP contribution in [0.2, 0.25) is 0 Å². The smallest absolute Gasteiger partial charge is 0.319 e. The normalized spacial score (nSPS) is 14.9. The van der Waals surface area contributed by atoms with E-state index in [0.717, 1.165) is 31.4 Å². The zero-order chi connectivity index (χ0) is 15.6. The van der Waals surface area contributed by atoms with Crippen LogP contribution in [0.4, 0.5) is 4.39 Å². The van der Waals surface area contributed by atoms with Crippen LogP contribution in [-0.4, -0.2) is 28.7 Å². The predicted molar refractivity (Wildman–Crippen MR) is 86.0 cm³/mol. The van der Waals surface area contributed by atoms with Crippen LogP contribution in [-0.2, 0) is 9.53 Å². The van der Waals surface area contributed by atoms with E-state index in [-0.39, 0.29) is 11.2 Å². The molecule has 0 aromatic rings. The van der Waals surface area contributed by atoms with Crippen molar-refractivity contribution in [2.24, 2.45) is 0 Å². The zero-order valence-electron chi connectivity index (χ0n) is 13.7. The Kier molecular flexibility index (Phi) is 10.3. The number of alkyl halides is 1. The van der Waals surface area contributed by atoms with Crippen LogP contribution in [0.3, 0.4) is 0 Å². The topological polar surface area (TPSA) is 26.3 Å². The molecule has 0 aromatic carbocycles. The van der Waals surface area contributed by atoms with Gasteiger partial charge in [-0.25, -0.2) is 4.39 Å². The highest BCUT2D eigenvalue weighted by atomic mass is 32.2. The Morgan fingerprint density at radius 2 is 1.75 bits per heavy atom. The molecule has 4 heteroatoms. The standard InChI is InChI=1S/C16H31FO2S/c1-6-9-13(17)11-8-12-20-14(10-7-2)15(18)19-16(3,4)5/h13-14H,6-12H2,1-5H3. The third-order valence-corrected chi connectivity index (χ3v) is 4.16. The molecule has 0 aliphatic rings. The molecule has 20 heavy (non-hydrogen) atoms. The van der Waals surface area contributed by atoms with Gasteiger partial charge in [-0.1, -0.05) is 26.7 Å². The lowest BCUT2D eigenvalue weighted by Crippen LogP contribution is -2.30. The van der Waals surface area contributed by atoms with Crippen molar-refractivity contribution in [3.63, 3.8) is 0 Å². The summed E-state index contributed by atoms with van der Waals surface area (Å²) in [5, 5.41) is -0.108. The van der Waals surface area contributed by atoms with Gasteiger partial charge in [0.05, 0.1) is 0 Å². The summed E-state index contributed by atoms with van der Waals surface area (Å²) in [5.41, 5.74) is -0.436. The predicted octanol–water partition coefficient (Wildman–Crippen LogP) is 5.15. The van der Waals surface area contributed by atoms with Crippen molar-refractivity contribution in [1.82, 2.24) is 0 Å². The summed E-state index contributed by atoms with van der Waals surface area (Å²) in [6, 6.07) is 0. The highest BCUT2D eigenvalue weighted by molar-refractivity contribution is 8.00. The van der Waals surface area contributed by atoms with Crippen molar-refractivity contribution in [3.05, 3.63) is 0 Å². The number of ether oxygens (including phenoxy) is 1. The van der Waals surface area contributed by atoms with Gasteiger partial charge in [-0.05, 0) is 52.2 Å². The number of hydrogen-bond donors (Lipinski definition) is 0. The minimum atomic E-state index is -0.688. The Morgan fingerprint density at radius 3 is 2.25 bits per heavy atom. The summed E-state index contributed by atoms with van der Waals surface area (Å²) in [6.07, 6.45) is 4.07. The monoisotopic (exact) mass is 306 g/mol. The maximum atomic E-state index is 13.4. The molecule has 2 unspecified atom stereocenters. The second-order valence-corrected chi connectivity index (χ2v) is 7.52. The Morgan fingerprint density at radius 1 is 1.15 bits per heavy atom. The molecule has 0 heterocycles. The summed E-state index contributed by atoms with van der Waals surface area (Å²) in [6.45, 7) is 9.73. The van der Waals surface area contributed by atoms with Crippen molar-refractivity contribution in [2.45, 2.75) is 90.2 Å². The number of esters is 1. The Labute approximate surface area is 128 Å². The third-order valence-electron chi connectivity index (χ3n) is 2.80. The molecular weight excluding hydrogens is 275 g/mol. The number of halogens is 1. The van der Waals surface area contributed by atoms with Crippen molar-refractivity contribution < 1.29 is 13.9 Å². The molecule has 0 spiro atoms. The van der Waals surface area contributed by atoms with Crippen molar-refractivity contribution in [2.75, 3.05) is 5.75 Å². The van der Waals surface area contributed by atoms with Crippen LogP contribution in [0.5, 0.6) is 0 Å². The van der Waals surface area contributed by atoms with Gasteiger partial charge in [0.2, 0.25) is 0 Å². The van der Waals surface area contributed by atoms with E-state index in [1.54, 1.807) is 11.8 Å². The second-order valence-electron chi connectivity index (χ2n) is 6.21. The first kappa shape index (κ1) is 19.8. The fraction of sp³-hybridized carbons (Fsp3) is 0.938. The van der Waals surface area contributed by atoms with Gasteiger partial charge in [0, 0.05) is 0 Å². The van der Waals surface area contributed by atoms with Gasteiger partial charge in [0.1, 0.15) is 17.0 Å². The molecule has 0 aliphatic carbocycles. The van der Waals surface area contributed by atoms with E-state index in [9.17, 15) is 9.18 Å². The first-order chi connectivity index (χ1) is 9.30. The van der Waals surface area contributed by atoms with Crippen LogP contribution < -0.4 is 0 Å². The minimum Gasteiger partial charge on any atom is -0.459 e. The third kappa shape index (κ3) is 10.5. The van der Waals surface area contributed by atoms with E-state index in [1.165, 1.54) is 0 Å². The molecule has 120 valence electrons. The molecule has 0 N–H and O–H groups in total. The number of thioether (sulfide) groups is 1. The van der Waals surface area contributed by atoms with Gasteiger partial charge in [-0.3, -0.25) is 4.79 Å². The van der Waals surface area contributed by atoms with Gasteiger partial charge in [0.25, 0.3) is 0 Å². The molecule has 0 aliphatic heterocycles. The molecule has 0 saturated heterocycles. The summed E-state index contributed by atoms with van der Waals surface area (Å²) >= 11 is 1.61. The lowest BCUT2D eigenvalue weighted by atomic mass is 10.1. The number of rotatable bonds is 10. The largest absolute Gasteiger partial charge is 0.459 e. The summed E-state index contributed by atoms with van der Waals surface area (Å²) in [4.78, 5) is 12.1. The molecule has 0 bridgehead atoms. The van der Waals surface area contributed by atoms with Crippen LogP contribution in [0.25, 0.3) is 0 Å². The molecule has 0 aromatic heterocycles. The molecule has 2 atom stereocenters. The maximum absolute atomic E-state index is 13.4. The summed E-state index contributed by atoms with van der Waals surface area (Å²) in [7, 11) is 0. The first-order valence-electron chi connectivity index (χ1n) is 7.78. The van der Waals surface area contributed by atoms with Crippen LogP contribution in [0, 0.1) is 0 Å². The van der Waals surface area contributed by atoms with Gasteiger partial charge in [-0.15, -0.1) is 11.8 Å². The van der Waals surface area contributed by atoms with Crippen molar-refractivity contribution in [3.8, 4) is 0 Å². The molecule has 0 radical (unpaired) electrons. The fourth-order valence-corrected chi connectivity index (χ4v) is 3.09. The summed E-state index contributed by atoms with van der Waals surface area (Å²) < 4.78 is 18.8. The Hall–Kier alpha value is -0.250. The Balaban J connectivity index is 4.05. The lowest BCUT2D eigenvalue weighted by molar-refractivity contribution is -0.154. The van der Waals surface area contributed by atoms with E-state index in [0.29, 0.717) is 12.8 Å². The second kappa shape index (κ2) is 10.5. The lowest BCUT2D eigenvalue weighted by Gasteiger charge is -2.23. The highest BCUT2D eigenvalue weighted by Gasteiger charge is 2.24. The average Bonchev–Trinajstić information content (AvgIpc) is 2.31. The highest BCUT2D eigenvalue weighted by Crippen LogP contribution is 2.23. The van der Waals surface area contributed by atoms with Crippen molar-refractivity contribution in [1.29, 1.82) is 0 Å². The van der Waals surface area contributed by atoms with Crippen molar-refractivity contribution >= 4 is 17.7 Å². The molecular formula is C16H31FO2S. The number of carbonyl (C=O) groups excluding carboxylic acids is 1. The molecule has 0 rings (SSSR count). The van der Waals surface area contributed by atoms with Crippen LogP contribution >= 0.6 is 11.8 Å². The van der Waals surface area contributed by atoms with E-state index >= 15 is 0 Å². The Bertz CT molecular complexity index is 264. The number of hydrogen-bond acceptors (Lipinski definition) is 3. The SMILES string of the molecule is CCCC(F)CCCSC(CCC)C(=O)OC(C)(C)C. The van der Waals surface area contributed by atoms with Gasteiger partial charge in [0.15, 0.2) is 0 Å². The molecule has 0 amide bonds. The van der Waals surface area contributed by atoms with Crippen LogP contribution in [0.15, 0.2) is 0 Å². The van der Waals surface area contributed by atoms with E-state index in [2.05, 4.69) is 6.92 Å². The maximum Gasteiger partial charge on any atom is 0.319 e. The quantitative estimate of drug-likeness (QED) is 0.412.